The van der Waals surface area contributed by atoms with Crippen LogP contribution in [-0.4, -0.2) is 4.83 Å². The molecule has 0 heterocycles. The fourth-order valence-corrected chi connectivity index (χ4v) is 2.08. The summed E-state index contributed by atoms with van der Waals surface area (Å²) in [6.45, 7) is 2.13. The molecule has 0 nitrogen and oxygen atoms in total. The van der Waals surface area contributed by atoms with Gasteiger partial charge >= 0.3 is 0 Å². The van der Waals surface area contributed by atoms with Crippen LogP contribution in [0.2, 0.25) is 0 Å². The third-order valence-electron chi connectivity index (χ3n) is 2.06. The highest BCUT2D eigenvalue weighted by atomic mass is 79.9. The molecule has 0 fully saturated rings. The first-order valence-electron chi connectivity index (χ1n) is 4.67. The van der Waals surface area contributed by atoms with Gasteiger partial charge in [-0.25, -0.2) is 4.39 Å². The van der Waals surface area contributed by atoms with Gasteiger partial charge < -0.3 is 0 Å². The number of hydrogen-bond acceptors (Lipinski definition) is 0. The quantitative estimate of drug-likeness (QED) is 0.705. The Labute approximate surface area is 101 Å². The van der Waals surface area contributed by atoms with Crippen LogP contribution >= 0.6 is 31.9 Å². The molecular formula is C11H13Br2F. The first-order valence-corrected chi connectivity index (χ1v) is 6.38. The average Bonchev–Trinajstić information content (AvgIpc) is 2.10. The summed E-state index contributed by atoms with van der Waals surface area (Å²) in [5, 5.41) is 0. The van der Waals surface area contributed by atoms with Crippen molar-refractivity contribution >= 4 is 31.9 Å². The van der Waals surface area contributed by atoms with E-state index >= 15 is 0 Å². The van der Waals surface area contributed by atoms with Crippen LogP contribution in [0.3, 0.4) is 0 Å². The molecule has 14 heavy (non-hydrogen) atoms. The zero-order chi connectivity index (χ0) is 10.6. The highest BCUT2D eigenvalue weighted by Crippen LogP contribution is 2.20. The molecule has 1 unspecified atom stereocenters. The molecule has 0 aliphatic rings. The second kappa shape index (κ2) is 5.86. The Kier molecular flexibility index (Phi) is 5.10. The number of halogens is 3. The van der Waals surface area contributed by atoms with E-state index in [9.17, 15) is 4.39 Å². The fourth-order valence-electron chi connectivity index (χ4n) is 1.31. The van der Waals surface area contributed by atoms with Crippen molar-refractivity contribution < 1.29 is 4.39 Å². The van der Waals surface area contributed by atoms with Crippen molar-refractivity contribution in [3.05, 3.63) is 34.1 Å². The van der Waals surface area contributed by atoms with Crippen molar-refractivity contribution in [2.45, 2.75) is 31.0 Å². The van der Waals surface area contributed by atoms with Crippen LogP contribution in [0.1, 0.15) is 25.3 Å². The summed E-state index contributed by atoms with van der Waals surface area (Å²) in [6.07, 6.45) is 3.12. The van der Waals surface area contributed by atoms with Crippen molar-refractivity contribution in [1.29, 1.82) is 0 Å². The van der Waals surface area contributed by atoms with Crippen LogP contribution in [0.5, 0.6) is 0 Å². The van der Waals surface area contributed by atoms with E-state index in [4.69, 9.17) is 0 Å². The molecule has 0 bridgehead atoms. The third kappa shape index (κ3) is 4.09. The maximum absolute atomic E-state index is 12.9. The molecule has 1 aromatic carbocycles. The van der Waals surface area contributed by atoms with E-state index in [2.05, 4.69) is 38.8 Å². The highest BCUT2D eigenvalue weighted by molar-refractivity contribution is 9.10. The molecule has 78 valence electrons. The lowest BCUT2D eigenvalue weighted by atomic mass is 10.1. The molecule has 0 radical (unpaired) electrons. The van der Waals surface area contributed by atoms with Gasteiger partial charge in [0.1, 0.15) is 5.82 Å². The summed E-state index contributed by atoms with van der Waals surface area (Å²) in [5.41, 5.74) is 1.05. The average molecular weight is 324 g/mol. The Morgan fingerprint density at radius 1 is 1.43 bits per heavy atom. The minimum Gasteiger partial charge on any atom is -0.207 e. The number of benzene rings is 1. The largest absolute Gasteiger partial charge is 0.207 e. The number of hydrogen-bond donors (Lipinski definition) is 0. The topological polar surface area (TPSA) is 0 Å². The molecule has 0 amide bonds. The predicted molar refractivity (Wildman–Crippen MR) is 65.4 cm³/mol. The van der Waals surface area contributed by atoms with Gasteiger partial charge in [-0.2, -0.15) is 0 Å². The first kappa shape index (κ1) is 12.2. The SMILES string of the molecule is CC(Br)CCCc1cc(F)ccc1Br. The maximum atomic E-state index is 12.9. The monoisotopic (exact) mass is 322 g/mol. The smallest absolute Gasteiger partial charge is 0.123 e. The molecule has 1 aromatic rings. The summed E-state index contributed by atoms with van der Waals surface area (Å²) >= 11 is 6.91. The van der Waals surface area contributed by atoms with Crippen molar-refractivity contribution in [3.63, 3.8) is 0 Å². The van der Waals surface area contributed by atoms with Crippen LogP contribution in [0.25, 0.3) is 0 Å². The van der Waals surface area contributed by atoms with Gasteiger partial charge in [0.15, 0.2) is 0 Å². The number of alkyl halides is 1. The first-order chi connectivity index (χ1) is 6.59. The van der Waals surface area contributed by atoms with Crippen LogP contribution in [-0.2, 0) is 6.42 Å². The Hall–Kier alpha value is 0.110. The van der Waals surface area contributed by atoms with E-state index in [1.165, 1.54) is 6.07 Å². The van der Waals surface area contributed by atoms with E-state index in [1.54, 1.807) is 12.1 Å². The molecular weight excluding hydrogens is 311 g/mol. The van der Waals surface area contributed by atoms with E-state index in [1.807, 2.05) is 0 Å². The zero-order valence-corrected chi connectivity index (χ0v) is 11.2. The molecule has 0 saturated heterocycles. The zero-order valence-electron chi connectivity index (χ0n) is 8.06. The summed E-state index contributed by atoms with van der Waals surface area (Å²) in [5.74, 6) is -0.157. The normalized spacial score (nSPS) is 12.9. The van der Waals surface area contributed by atoms with Gasteiger partial charge in [0.2, 0.25) is 0 Å². The van der Waals surface area contributed by atoms with Crippen molar-refractivity contribution in [3.8, 4) is 0 Å². The van der Waals surface area contributed by atoms with E-state index in [-0.39, 0.29) is 5.82 Å². The molecule has 0 aliphatic heterocycles. The minimum absolute atomic E-state index is 0.157. The van der Waals surface area contributed by atoms with Gasteiger partial charge in [-0.1, -0.05) is 38.8 Å². The molecule has 1 rings (SSSR count). The summed E-state index contributed by atoms with van der Waals surface area (Å²) in [4.78, 5) is 0.537. The van der Waals surface area contributed by atoms with Gasteiger partial charge in [-0.3, -0.25) is 0 Å². The fraction of sp³-hybridized carbons (Fsp3) is 0.455. The lowest BCUT2D eigenvalue weighted by molar-refractivity contribution is 0.623. The van der Waals surface area contributed by atoms with Crippen LogP contribution in [0.15, 0.2) is 22.7 Å². The Bertz CT molecular complexity index is 297. The van der Waals surface area contributed by atoms with Gasteiger partial charge in [0, 0.05) is 9.30 Å². The second-order valence-corrected chi connectivity index (χ2v) is 5.83. The van der Waals surface area contributed by atoms with Crippen LogP contribution in [0, 0.1) is 5.82 Å². The summed E-state index contributed by atoms with van der Waals surface area (Å²) in [7, 11) is 0. The molecule has 0 spiro atoms. The molecule has 0 saturated carbocycles. The molecule has 3 heteroatoms. The lowest BCUT2D eigenvalue weighted by Gasteiger charge is -2.05. The summed E-state index contributed by atoms with van der Waals surface area (Å²) < 4.78 is 13.9. The predicted octanol–water partition coefficient (Wildman–Crippen LogP) is 4.69. The van der Waals surface area contributed by atoms with Crippen molar-refractivity contribution in [1.82, 2.24) is 0 Å². The van der Waals surface area contributed by atoms with Crippen LogP contribution < -0.4 is 0 Å². The van der Waals surface area contributed by atoms with Gasteiger partial charge in [0.25, 0.3) is 0 Å². The Morgan fingerprint density at radius 2 is 2.14 bits per heavy atom. The molecule has 0 N–H and O–H groups in total. The van der Waals surface area contributed by atoms with Crippen molar-refractivity contribution in [2.24, 2.45) is 0 Å². The van der Waals surface area contributed by atoms with Gasteiger partial charge in [-0.15, -0.1) is 0 Å². The minimum atomic E-state index is -0.157. The van der Waals surface area contributed by atoms with E-state index < -0.39 is 0 Å². The Morgan fingerprint density at radius 3 is 2.79 bits per heavy atom. The third-order valence-corrected chi connectivity index (χ3v) is 3.29. The van der Waals surface area contributed by atoms with E-state index in [0.717, 1.165) is 29.3 Å². The second-order valence-electron chi connectivity index (χ2n) is 3.41. The maximum Gasteiger partial charge on any atom is 0.123 e. The molecule has 1 atom stereocenters. The van der Waals surface area contributed by atoms with E-state index in [0.29, 0.717) is 4.83 Å². The molecule has 0 aliphatic carbocycles. The molecule has 0 aromatic heterocycles. The standard InChI is InChI=1S/C11H13Br2F/c1-8(12)3-2-4-9-7-10(14)5-6-11(9)13/h5-8H,2-4H2,1H3. The van der Waals surface area contributed by atoms with Crippen molar-refractivity contribution in [2.75, 3.05) is 0 Å². The van der Waals surface area contributed by atoms with Crippen LogP contribution in [0.4, 0.5) is 4.39 Å². The summed E-state index contributed by atoms with van der Waals surface area (Å²) in [6, 6.07) is 4.84. The van der Waals surface area contributed by atoms with Gasteiger partial charge in [-0.05, 0) is 43.0 Å². The highest BCUT2D eigenvalue weighted by Gasteiger charge is 2.02. The van der Waals surface area contributed by atoms with Gasteiger partial charge in [0.05, 0.1) is 0 Å². The Balaban J connectivity index is 2.53. The number of aryl methyl sites for hydroxylation is 1. The lowest BCUT2D eigenvalue weighted by Crippen LogP contribution is -1.94. The number of rotatable bonds is 4.